The molecule has 1 aliphatic heterocycles. The van der Waals surface area contributed by atoms with Crippen molar-refractivity contribution in [3.8, 4) is 0 Å². The summed E-state index contributed by atoms with van der Waals surface area (Å²) in [6.07, 6.45) is 4.75. The van der Waals surface area contributed by atoms with E-state index in [0.29, 0.717) is 24.9 Å². The van der Waals surface area contributed by atoms with E-state index >= 15 is 0 Å². The molecule has 2 fully saturated rings. The van der Waals surface area contributed by atoms with Crippen molar-refractivity contribution in [2.45, 2.75) is 32.6 Å². The molecule has 0 spiro atoms. The van der Waals surface area contributed by atoms with Crippen LogP contribution in [0.15, 0.2) is 0 Å². The van der Waals surface area contributed by atoms with Gasteiger partial charge in [-0.2, -0.15) is 0 Å². The van der Waals surface area contributed by atoms with Gasteiger partial charge in [0.15, 0.2) is 0 Å². The first-order valence-corrected chi connectivity index (χ1v) is 8.01. The highest BCUT2D eigenvalue weighted by Crippen LogP contribution is 2.29. The molecule has 2 amide bonds. The van der Waals surface area contributed by atoms with Gasteiger partial charge in [0.1, 0.15) is 6.54 Å². The Morgan fingerprint density at radius 2 is 2.00 bits per heavy atom. The van der Waals surface area contributed by atoms with Gasteiger partial charge in [0, 0.05) is 19.6 Å². The molecule has 2 rings (SSSR count). The van der Waals surface area contributed by atoms with Gasteiger partial charge in [-0.3, -0.25) is 4.79 Å². The minimum absolute atomic E-state index is 0.206. The summed E-state index contributed by atoms with van der Waals surface area (Å²) >= 11 is 0. The Labute approximate surface area is 126 Å². The lowest BCUT2D eigenvalue weighted by atomic mass is 10.1. The van der Waals surface area contributed by atoms with Crippen LogP contribution < -0.4 is 5.32 Å². The van der Waals surface area contributed by atoms with Gasteiger partial charge in [-0.05, 0) is 50.6 Å². The van der Waals surface area contributed by atoms with E-state index in [9.17, 15) is 9.59 Å². The summed E-state index contributed by atoms with van der Waals surface area (Å²) in [6.45, 7) is 6.41. The number of rotatable bonds is 8. The zero-order valence-corrected chi connectivity index (χ0v) is 12.9. The second-order valence-corrected chi connectivity index (χ2v) is 6.52. The van der Waals surface area contributed by atoms with Crippen LogP contribution in [0.4, 0.5) is 4.79 Å². The number of hydrogen-bond donors (Lipinski definition) is 2. The number of nitrogens with zero attached hydrogens (tertiary/aromatic N) is 2. The van der Waals surface area contributed by atoms with Crippen LogP contribution >= 0.6 is 0 Å². The summed E-state index contributed by atoms with van der Waals surface area (Å²) < 4.78 is 0. The highest BCUT2D eigenvalue weighted by molar-refractivity contribution is 5.80. The maximum Gasteiger partial charge on any atom is 0.323 e. The number of aliphatic carboxylic acids is 1. The van der Waals surface area contributed by atoms with Gasteiger partial charge in [-0.1, -0.05) is 6.92 Å². The van der Waals surface area contributed by atoms with Gasteiger partial charge in [-0.15, -0.1) is 0 Å². The fourth-order valence-electron chi connectivity index (χ4n) is 2.84. The number of carbonyl (C=O) groups is 2. The topological polar surface area (TPSA) is 72.9 Å². The molecule has 1 heterocycles. The van der Waals surface area contributed by atoms with E-state index in [4.69, 9.17) is 5.11 Å². The molecular weight excluding hydrogens is 270 g/mol. The molecule has 120 valence electrons. The average molecular weight is 297 g/mol. The van der Waals surface area contributed by atoms with Gasteiger partial charge >= 0.3 is 12.0 Å². The highest BCUT2D eigenvalue weighted by atomic mass is 16.4. The molecule has 2 aliphatic rings. The molecular formula is C15H27N3O3. The Kier molecular flexibility index (Phi) is 5.85. The first kappa shape index (κ1) is 16.1. The van der Waals surface area contributed by atoms with E-state index in [0.717, 1.165) is 32.5 Å². The summed E-state index contributed by atoms with van der Waals surface area (Å²) in [5, 5.41) is 11.8. The third-order valence-corrected chi connectivity index (χ3v) is 4.16. The van der Waals surface area contributed by atoms with E-state index in [1.165, 1.54) is 17.7 Å². The Balaban J connectivity index is 1.70. The fraction of sp³-hybridized carbons (Fsp3) is 0.867. The normalized spacial score (nSPS) is 20.2. The van der Waals surface area contributed by atoms with Crippen LogP contribution in [0.2, 0.25) is 0 Å². The number of urea groups is 1. The van der Waals surface area contributed by atoms with Gasteiger partial charge in [0.2, 0.25) is 0 Å². The lowest BCUT2D eigenvalue weighted by Crippen LogP contribution is -2.45. The van der Waals surface area contributed by atoms with Gasteiger partial charge in [-0.25, -0.2) is 4.79 Å². The summed E-state index contributed by atoms with van der Waals surface area (Å²) in [5.41, 5.74) is 0. The zero-order chi connectivity index (χ0) is 15.2. The monoisotopic (exact) mass is 297 g/mol. The summed E-state index contributed by atoms with van der Waals surface area (Å²) in [5.74, 6) is -0.0623. The molecule has 0 aromatic rings. The molecule has 6 heteroatoms. The van der Waals surface area contributed by atoms with Crippen LogP contribution in [0, 0.1) is 11.8 Å². The second-order valence-electron chi connectivity index (χ2n) is 6.52. The molecule has 0 aromatic heterocycles. The number of amides is 2. The predicted octanol–water partition coefficient (Wildman–Crippen LogP) is 1.22. The lowest BCUT2D eigenvalue weighted by molar-refractivity contribution is -0.137. The van der Waals surface area contributed by atoms with Crippen molar-refractivity contribution in [2.24, 2.45) is 11.8 Å². The number of nitrogens with one attached hydrogen (secondary N) is 1. The number of carboxylic acid groups (broad SMARTS) is 1. The minimum atomic E-state index is -0.948. The smallest absolute Gasteiger partial charge is 0.323 e. The van der Waals surface area contributed by atoms with Crippen LogP contribution in [-0.4, -0.2) is 66.2 Å². The molecule has 21 heavy (non-hydrogen) atoms. The first-order valence-electron chi connectivity index (χ1n) is 8.01. The molecule has 1 aliphatic carbocycles. The number of likely N-dealkylation sites (tertiary alicyclic amines) is 1. The summed E-state index contributed by atoms with van der Waals surface area (Å²) in [4.78, 5) is 26.8. The zero-order valence-electron chi connectivity index (χ0n) is 12.9. The molecule has 1 saturated heterocycles. The molecule has 1 atom stereocenters. The predicted molar refractivity (Wildman–Crippen MR) is 80.2 cm³/mol. The van der Waals surface area contributed by atoms with Crippen molar-refractivity contribution in [3.05, 3.63) is 0 Å². The van der Waals surface area contributed by atoms with Crippen molar-refractivity contribution in [1.29, 1.82) is 0 Å². The van der Waals surface area contributed by atoms with Crippen LogP contribution in [0.3, 0.4) is 0 Å². The molecule has 1 unspecified atom stereocenters. The largest absolute Gasteiger partial charge is 0.480 e. The molecule has 2 N–H and O–H groups in total. The van der Waals surface area contributed by atoms with E-state index in [2.05, 4.69) is 17.1 Å². The Morgan fingerprint density at radius 1 is 1.33 bits per heavy atom. The van der Waals surface area contributed by atoms with E-state index in [-0.39, 0.29) is 12.6 Å². The molecule has 0 bridgehead atoms. The molecule has 6 nitrogen and oxygen atoms in total. The molecule has 0 radical (unpaired) electrons. The van der Waals surface area contributed by atoms with Crippen molar-refractivity contribution < 1.29 is 14.7 Å². The second kappa shape index (κ2) is 7.64. The maximum atomic E-state index is 12.1. The summed E-state index contributed by atoms with van der Waals surface area (Å²) in [7, 11) is 0. The Morgan fingerprint density at radius 3 is 2.57 bits per heavy atom. The van der Waals surface area contributed by atoms with E-state index in [1.807, 2.05) is 0 Å². The number of carbonyl (C=O) groups excluding carboxylic acids is 1. The summed E-state index contributed by atoms with van der Waals surface area (Å²) in [6, 6.07) is -0.238. The first-order chi connectivity index (χ1) is 10.0. The fourth-order valence-corrected chi connectivity index (χ4v) is 2.84. The third-order valence-electron chi connectivity index (χ3n) is 4.16. The van der Waals surface area contributed by atoms with Crippen LogP contribution in [0.5, 0.6) is 0 Å². The van der Waals surface area contributed by atoms with Gasteiger partial charge < -0.3 is 20.2 Å². The Bertz CT molecular complexity index is 365. The van der Waals surface area contributed by atoms with Crippen molar-refractivity contribution >= 4 is 12.0 Å². The number of hydrogen-bond acceptors (Lipinski definition) is 3. The van der Waals surface area contributed by atoms with Crippen LogP contribution in [0.25, 0.3) is 0 Å². The van der Waals surface area contributed by atoms with Crippen molar-refractivity contribution in [3.63, 3.8) is 0 Å². The SMILES string of the molecule is CC(CNC(=O)N(CC(=O)O)CC1CC1)CN1CCCC1. The van der Waals surface area contributed by atoms with Gasteiger partial charge in [0.05, 0.1) is 0 Å². The van der Waals surface area contributed by atoms with E-state index < -0.39 is 5.97 Å². The standard InChI is InChI=1S/C15H27N3O3/c1-12(9-17-6-2-3-7-17)8-16-15(21)18(11-14(19)20)10-13-4-5-13/h12-13H,2-11H2,1H3,(H,16,21)(H,19,20). The third kappa shape index (κ3) is 5.91. The van der Waals surface area contributed by atoms with Gasteiger partial charge in [0.25, 0.3) is 0 Å². The van der Waals surface area contributed by atoms with Crippen molar-refractivity contribution in [1.82, 2.24) is 15.1 Å². The quantitative estimate of drug-likeness (QED) is 0.706. The average Bonchev–Trinajstić information content (AvgIpc) is 3.09. The highest BCUT2D eigenvalue weighted by Gasteiger charge is 2.28. The Hall–Kier alpha value is -1.30. The molecule has 0 aromatic carbocycles. The van der Waals surface area contributed by atoms with Crippen LogP contribution in [-0.2, 0) is 4.79 Å². The maximum absolute atomic E-state index is 12.1. The lowest BCUT2D eigenvalue weighted by Gasteiger charge is -2.24. The van der Waals surface area contributed by atoms with Crippen LogP contribution in [0.1, 0.15) is 32.6 Å². The number of carboxylic acids is 1. The minimum Gasteiger partial charge on any atom is -0.480 e. The molecule has 1 saturated carbocycles. The van der Waals surface area contributed by atoms with E-state index in [1.54, 1.807) is 0 Å². The van der Waals surface area contributed by atoms with Crippen molar-refractivity contribution in [2.75, 3.05) is 39.3 Å².